The molecule has 0 amide bonds. The van der Waals surface area contributed by atoms with Crippen molar-refractivity contribution < 1.29 is 63.6 Å². The van der Waals surface area contributed by atoms with E-state index < -0.39 is 30.4 Å². The van der Waals surface area contributed by atoms with E-state index in [1.165, 1.54) is 0 Å². The summed E-state index contributed by atoms with van der Waals surface area (Å²) in [6.45, 7) is 0. The van der Waals surface area contributed by atoms with Gasteiger partial charge in [-0.3, -0.25) is 0 Å². The predicted octanol–water partition coefficient (Wildman–Crippen LogP) is -1.36. The molecule has 4 nitrogen and oxygen atoms in total. The fourth-order valence-corrected chi connectivity index (χ4v) is 0. The molecule has 0 aromatic carbocycles. The first-order chi connectivity index (χ1) is 2.83. The summed E-state index contributed by atoms with van der Waals surface area (Å²) in [6, 6.07) is 0. The van der Waals surface area contributed by atoms with E-state index in [1.807, 2.05) is 0 Å². The fourth-order valence-electron chi connectivity index (χ4n) is 0. The van der Waals surface area contributed by atoms with Crippen molar-refractivity contribution in [3.8, 4) is 0 Å². The third-order valence-electron chi connectivity index (χ3n) is 0. The van der Waals surface area contributed by atoms with Crippen molar-refractivity contribution in [3.05, 3.63) is 0 Å². The van der Waals surface area contributed by atoms with Crippen LogP contribution in [0.1, 0.15) is 0 Å². The second kappa shape index (κ2) is 27.6. The van der Waals surface area contributed by atoms with Crippen LogP contribution in [-0.4, -0.2) is 8.38 Å². The molecule has 7 heavy (non-hydrogen) atoms. The molecule has 0 heterocycles. The second-order valence-electron chi connectivity index (χ2n) is 0.138. The number of hydrogen-bond donors (Lipinski definition) is 2. The van der Waals surface area contributed by atoms with Crippen LogP contribution in [0.15, 0.2) is 0 Å². The molecule has 0 fully saturated rings. The van der Waals surface area contributed by atoms with E-state index in [4.69, 9.17) is 16.0 Å². The quantitative estimate of drug-likeness (QED) is 0.505. The molecule has 0 aliphatic carbocycles. The average molecular weight is 231 g/mol. The van der Waals surface area contributed by atoms with Crippen molar-refractivity contribution >= 4 is 0 Å². The van der Waals surface area contributed by atoms with Crippen molar-refractivity contribution in [3.63, 3.8) is 0 Å². The van der Waals surface area contributed by atoms with E-state index in [9.17, 15) is 0 Å². The van der Waals surface area contributed by atoms with Gasteiger partial charge >= 0.3 is 46.5 Å². The van der Waals surface area contributed by atoms with Crippen LogP contribution in [0.2, 0.25) is 0 Å². The summed E-state index contributed by atoms with van der Waals surface area (Å²) in [7, 11) is 0. The van der Waals surface area contributed by atoms with Crippen LogP contribution < -0.4 is 0 Å². The zero-order valence-electron chi connectivity index (χ0n) is 2.84. The Kier molecular flexibility index (Phi) is 61.9. The van der Waals surface area contributed by atoms with Gasteiger partial charge < -0.3 is 0 Å². The van der Waals surface area contributed by atoms with Crippen molar-refractivity contribution in [2.24, 2.45) is 0 Å². The Labute approximate surface area is 63.5 Å². The molecule has 1 radical (unpaired) electrons. The molecule has 0 aliphatic heterocycles. The molecule has 7 heteroatoms. The summed E-state index contributed by atoms with van der Waals surface area (Å²) >= 11 is -2.38. The van der Waals surface area contributed by atoms with Gasteiger partial charge in [0.25, 0.3) is 0 Å². The van der Waals surface area contributed by atoms with Crippen LogP contribution in [-0.2, 0) is 55.2 Å². The molecular weight excluding hydrogens is 229 g/mol. The van der Waals surface area contributed by atoms with Crippen LogP contribution in [0.4, 0.5) is 0 Å². The van der Waals surface area contributed by atoms with Gasteiger partial charge in [-0.2, -0.15) is 0 Å². The summed E-state index contributed by atoms with van der Waals surface area (Å²) < 4.78 is 31.1. The molecular formula is H2Mn3O4. The van der Waals surface area contributed by atoms with Gasteiger partial charge in [0.2, 0.25) is 0 Å². The first kappa shape index (κ1) is 15.7. The molecule has 0 bridgehead atoms. The topological polar surface area (TPSA) is 74.6 Å². The Morgan fingerprint density at radius 3 is 1.00 bits per heavy atom. The molecule has 0 aromatic rings. The molecule has 0 unspecified atom stereocenters. The molecule has 0 saturated heterocycles. The standard InChI is InChI=1S/3Mn.2H2O.2O/h;;;2*1H2;;/q;2*+1;;;;/p-2. The van der Waals surface area contributed by atoms with Crippen LogP contribution in [0.25, 0.3) is 0 Å². The summed E-state index contributed by atoms with van der Waals surface area (Å²) in [6.07, 6.45) is 0. The Morgan fingerprint density at radius 2 is 1.00 bits per heavy atom. The summed E-state index contributed by atoms with van der Waals surface area (Å²) in [4.78, 5) is 0. The molecule has 0 atom stereocenters. The first-order valence-electron chi connectivity index (χ1n) is 0.647. The minimum absolute atomic E-state index is 0. The van der Waals surface area contributed by atoms with E-state index in [2.05, 4.69) is 0 Å². The molecule has 0 spiro atoms. The molecule has 0 rings (SSSR count). The maximum absolute atomic E-state index is 8.52. The van der Waals surface area contributed by atoms with Crippen LogP contribution in [0, 0.1) is 0 Å². The summed E-state index contributed by atoms with van der Waals surface area (Å²) in [5, 5.41) is 0. The van der Waals surface area contributed by atoms with Crippen molar-refractivity contribution in [2.45, 2.75) is 0 Å². The van der Waals surface area contributed by atoms with Gasteiger partial charge in [0.1, 0.15) is 0 Å². The second-order valence-corrected chi connectivity index (χ2v) is 0.569. The van der Waals surface area contributed by atoms with Gasteiger partial charge in [-0.15, -0.1) is 0 Å². The first-order valence-corrected chi connectivity index (χ1v) is 2.67. The molecule has 2 N–H and O–H groups in total. The third-order valence-corrected chi connectivity index (χ3v) is 0. The van der Waals surface area contributed by atoms with Crippen LogP contribution >= 0.6 is 0 Å². The average Bonchev–Trinajstić information content (AvgIpc) is 1.39. The SMILES string of the molecule is [Mn].[O]=[Mn][OH].[O]=[Mn][OH]. The Hall–Kier alpha value is 1.08. The fraction of sp³-hybridized carbons (Fsp3) is 0. The van der Waals surface area contributed by atoms with Gasteiger partial charge in [0, 0.05) is 17.1 Å². The van der Waals surface area contributed by atoms with Gasteiger partial charge in [0.15, 0.2) is 0 Å². The van der Waals surface area contributed by atoms with E-state index >= 15 is 0 Å². The summed E-state index contributed by atoms with van der Waals surface area (Å²) in [5.74, 6) is 0. The van der Waals surface area contributed by atoms with Crippen molar-refractivity contribution in [2.75, 3.05) is 0 Å². The van der Waals surface area contributed by atoms with Crippen molar-refractivity contribution in [1.82, 2.24) is 0 Å². The molecule has 0 saturated carbocycles. The minimum atomic E-state index is -1.19. The Balaban J connectivity index is -0.0000000400. The van der Waals surface area contributed by atoms with Crippen molar-refractivity contribution in [1.29, 1.82) is 0 Å². The van der Waals surface area contributed by atoms with Gasteiger partial charge in [-0.05, 0) is 0 Å². The van der Waals surface area contributed by atoms with E-state index in [1.54, 1.807) is 0 Å². The zero-order valence-corrected chi connectivity index (χ0v) is 6.39. The number of hydrogen-bond acceptors (Lipinski definition) is 2. The monoisotopic (exact) mass is 231 g/mol. The molecule has 0 aliphatic rings. The van der Waals surface area contributed by atoms with E-state index in [0.29, 0.717) is 0 Å². The normalized spacial score (nSPS) is 4.86. The van der Waals surface area contributed by atoms with E-state index in [-0.39, 0.29) is 17.1 Å². The molecule has 47 valence electrons. The van der Waals surface area contributed by atoms with E-state index in [0.717, 1.165) is 0 Å². The third kappa shape index (κ3) is 157. The van der Waals surface area contributed by atoms with Crippen LogP contribution in [0.3, 0.4) is 0 Å². The Morgan fingerprint density at radius 1 is 1.00 bits per heavy atom. The predicted molar refractivity (Wildman–Crippen MR) is 5.81 cm³/mol. The zero-order chi connectivity index (χ0) is 5.41. The van der Waals surface area contributed by atoms with Gasteiger partial charge in [-0.25, -0.2) is 0 Å². The number of rotatable bonds is 0. The molecule has 0 aromatic heterocycles. The van der Waals surface area contributed by atoms with Crippen LogP contribution in [0.5, 0.6) is 0 Å². The van der Waals surface area contributed by atoms with Gasteiger partial charge in [-0.1, -0.05) is 0 Å². The van der Waals surface area contributed by atoms with Gasteiger partial charge in [0.05, 0.1) is 0 Å². The maximum atomic E-state index is 8.52. The Bertz CT molecular complexity index is 27.9. The summed E-state index contributed by atoms with van der Waals surface area (Å²) in [5.41, 5.74) is 0.